The van der Waals surface area contributed by atoms with E-state index in [2.05, 4.69) is 67.1 Å². The van der Waals surface area contributed by atoms with Gasteiger partial charge in [0.15, 0.2) is 14.4 Å². The lowest BCUT2D eigenvalue weighted by atomic mass is 10.0. The molecule has 0 spiro atoms. The number of nitrogens with zero attached hydrogens (tertiary/aromatic N) is 2. The highest BCUT2D eigenvalue weighted by Gasteiger charge is 2.26. The fourth-order valence-electron chi connectivity index (χ4n) is 3.76. The molecule has 0 fully saturated rings. The van der Waals surface area contributed by atoms with Crippen LogP contribution in [0, 0.1) is 11.3 Å². The second-order valence-electron chi connectivity index (χ2n) is 9.07. The van der Waals surface area contributed by atoms with Crippen LogP contribution < -0.4 is 4.74 Å². The number of hydrogen-bond donors (Lipinski definition) is 0. The summed E-state index contributed by atoms with van der Waals surface area (Å²) in [6, 6.07) is 29.0. The molecule has 0 bridgehead atoms. The molecule has 33 heavy (non-hydrogen) atoms. The summed E-state index contributed by atoms with van der Waals surface area (Å²) < 4.78 is 12.6. The van der Waals surface area contributed by atoms with E-state index >= 15 is 0 Å². The summed E-state index contributed by atoms with van der Waals surface area (Å²) in [5.74, 6) is 0.670. The zero-order valence-corrected chi connectivity index (χ0v) is 20.3. The first-order chi connectivity index (χ1) is 15.9. The van der Waals surface area contributed by atoms with Gasteiger partial charge >= 0.3 is 0 Å². The summed E-state index contributed by atoms with van der Waals surface area (Å²) in [6.45, 7) is 6.64. The van der Waals surface area contributed by atoms with Gasteiger partial charge in [0.05, 0.1) is 17.1 Å². The predicted octanol–water partition coefficient (Wildman–Crippen LogP) is 6.82. The minimum Gasteiger partial charge on any atom is -0.488 e. The maximum atomic E-state index is 9.94. The van der Waals surface area contributed by atoms with E-state index < -0.39 is 14.4 Å². The average molecular weight is 453 g/mol. The zero-order chi connectivity index (χ0) is 23.3. The number of aromatic nitrogens is 1. The third-order valence-corrected chi connectivity index (χ3v) is 6.20. The standard InChI is InChI=1S/C28H28N2O2Si/c1-33(2,3)32-27(18-29)25-19-30-26-15-14-23(16-21-10-6-4-7-11-21)17-24(26)28(25)31-20-22-12-8-5-9-13-22/h4-15,17,19,27H,16,20H2,1-3H3. The maximum absolute atomic E-state index is 9.94. The van der Waals surface area contributed by atoms with Gasteiger partial charge in [0.2, 0.25) is 0 Å². The van der Waals surface area contributed by atoms with Crippen molar-refractivity contribution >= 4 is 19.2 Å². The van der Waals surface area contributed by atoms with E-state index in [1.54, 1.807) is 6.20 Å². The van der Waals surface area contributed by atoms with Gasteiger partial charge in [-0.05, 0) is 54.9 Å². The molecule has 4 nitrogen and oxygen atoms in total. The van der Waals surface area contributed by atoms with E-state index in [0.29, 0.717) is 17.9 Å². The van der Waals surface area contributed by atoms with Crippen LogP contribution >= 0.6 is 0 Å². The highest BCUT2D eigenvalue weighted by Crippen LogP contribution is 2.36. The fourth-order valence-corrected chi connectivity index (χ4v) is 4.65. The molecule has 4 aromatic rings. The van der Waals surface area contributed by atoms with Crippen LogP contribution in [-0.4, -0.2) is 13.3 Å². The molecule has 0 N–H and O–H groups in total. The van der Waals surface area contributed by atoms with Gasteiger partial charge in [-0.1, -0.05) is 66.7 Å². The average Bonchev–Trinajstić information content (AvgIpc) is 2.82. The SMILES string of the molecule is C[Si](C)(C)OC(C#N)c1cnc2ccc(Cc3ccccc3)cc2c1OCc1ccccc1. The topological polar surface area (TPSA) is 55.1 Å². The summed E-state index contributed by atoms with van der Waals surface area (Å²) in [4.78, 5) is 4.65. The molecule has 1 atom stereocenters. The monoisotopic (exact) mass is 452 g/mol. The molecule has 0 saturated heterocycles. The Kier molecular flexibility index (Phi) is 6.88. The fraction of sp³-hybridized carbons (Fsp3) is 0.214. The molecule has 0 amide bonds. The molecule has 0 aliphatic carbocycles. The summed E-state index contributed by atoms with van der Waals surface area (Å²) in [6.07, 6.45) is 1.82. The Bertz CT molecular complexity index is 1260. The minimum atomic E-state index is -1.97. The lowest BCUT2D eigenvalue weighted by Crippen LogP contribution is -2.27. The van der Waals surface area contributed by atoms with Crippen LogP contribution in [0.25, 0.3) is 10.9 Å². The van der Waals surface area contributed by atoms with Crippen molar-refractivity contribution in [2.24, 2.45) is 0 Å². The first-order valence-corrected chi connectivity index (χ1v) is 14.5. The summed E-state index contributed by atoms with van der Waals surface area (Å²) in [5.41, 5.74) is 4.98. The van der Waals surface area contributed by atoms with E-state index in [-0.39, 0.29) is 0 Å². The number of nitriles is 1. The first kappa shape index (κ1) is 22.7. The Morgan fingerprint density at radius 2 is 1.55 bits per heavy atom. The Morgan fingerprint density at radius 1 is 0.879 bits per heavy atom. The summed E-state index contributed by atoms with van der Waals surface area (Å²) in [5, 5.41) is 10.8. The molecule has 166 valence electrons. The Morgan fingerprint density at radius 3 is 2.18 bits per heavy atom. The van der Waals surface area contributed by atoms with E-state index in [1.807, 2.05) is 42.5 Å². The number of ether oxygens (including phenoxy) is 1. The van der Waals surface area contributed by atoms with Gasteiger partial charge in [-0.25, -0.2) is 0 Å². The van der Waals surface area contributed by atoms with Crippen LogP contribution in [0.5, 0.6) is 5.75 Å². The Labute approximate surface area is 196 Å². The van der Waals surface area contributed by atoms with Crippen molar-refractivity contribution in [2.75, 3.05) is 0 Å². The highest BCUT2D eigenvalue weighted by atomic mass is 28.4. The van der Waals surface area contributed by atoms with E-state index in [4.69, 9.17) is 9.16 Å². The minimum absolute atomic E-state index is 0.404. The Hall–Kier alpha value is -3.46. The van der Waals surface area contributed by atoms with E-state index in [0.717, 1.165) is 28.5 Å². The van der Waals surface area contributed by atoms with Crippen molar-refractivity contribution in [2.45, 2.75) is 38.8 Å². The van der Waals surface area contributed by atoms with Crippen LogP contribution in [0.15, 0.2) is 85.1 Å². The molecular weight excluding hydrogens is 424 g/mol. The molecule has 1 aromatic heterocycles. The molecular formula is C28H28N2O2Si. The van der Waals surface area contributed by atoms with Crippen LogP contribution in [0.4, 0.5) is 0 Å². The highest BCUT2D eigenvalue weighted by molar-refractivity contribution is 6.69. The third kappa shape index (κ3) is 5.86. The smallest absolute Gasteiger partial charge is 0.186 e. The van der Waals surface area contributed by atoms with Gasteiger partial charge in [0.1, 0.15) is 12.4 Å². The molecule has 0 radical (unpaired) electrons. The van der Waals surface area contributed by atoms with E-state index in [9.17, 15) is 5.26 Å². The molecule has 0 aliphatic rings. The second kappa shape index (κ2) is 9.99. The number of fused-ring (bicyclic) bond motifs is 1. The largest absolute Gasteiger partial charge is 0.488 e. The predicted molar refractivity (Wildman–Crippen MR) is 135 cm³/mol. The quantitative estimate of drug-likeness (QED) is 0.275. The number of rotatable bonds is 8. The number of benzene rings is 3. The number of hydrogen-bond acceptors (Lipinski definition) is 4. The van der Waals surface area contributed by atoms with Gasteiger partial charge in [-0.15, -0.1) is 0 Å². The van der Waals surface area contributed by atoms with Crippen molar-refractivity contribution in [3.63, 3.8) is 0 Å². The van der Waals surface area contributed by atoms with Crippen molar-refractivity contribution in [1.82, 2.24) is 4.98 Å². The van der Waals surface area contributed by atoms with Crippen molar-refractivity contribution in [3.8, 4) is 11.8 Å². The van der Waals surface area contributed by atoms with Gasteiger partial charge < -0.3 is 9.16 Å². The van der Waals surface area contributed by atoms with Gasteiger partial charge in [-0.2, -0.15) is 5.26 Å². The molecule has 5 heteroatoms. The maximum Gasteiger partial charge on any atom is 0.186 e. The first-order valence-electron chi connectivity index (χ1n) is 11.1. The van der Waals surface area contributed by atoms with Gasteiger partial charge in [0, 0.05) is 11.6 Å². The number of pyridine rings is 1. The molecule has 1 heterocycles. The summed E-state index contributed by atoms with van der Waals surface area (Å²) in [7, 11) is -1.97. The molecule has 1 unspecified atom stereocenters. The third-order valence-electron chi connectivity index (χ3n) is 5.26. The van der Waals surface area contributed by atoms with Crippen LogP contribution in [-0.2, 0) is 17.5 Å². The van der Waals surface area contributed by atoms with Crippen LogP contribution in [0.1, 0.15) is 28.4 Å². The van der Waals surface area contributed by atoms with Crippen molar-refractivity contribution < 1.29 is 9.16 Å². The van der Waals surface area contributed by atoms with Crippen LogP contribution in [0.2, 0.25) is 19.6 Å². The van der Waals surface area contributed by atoms with Crippen molar-refractivity contribution in [1.29, 1.82) is 5.26 Å². The second-order valence-corrected chi connectivity index (χ2v) is 13.5. The van der Waals surface area contributed by atoms with Gasteiger partial charge in [0.25, 0.3) is 0 Å². The lowest BCUT2D eigenvalue weighted by Gasteiger charge is -2.24. The summed E-state index contributed by atoms with van der Waals surface area (Å²) >= 11 is 0. The molecule has 0 saturated carbocycles. The normalized spacial score (nSPS) is 12.3. The Balaban J connectivity index is 1.78. The molecule has 4 rings (SSSR count). The molecule has 3 aromatic carbocycles. The van der Waals surface area contributed by atoms with Crippen LogP contribution in [0.3, 0.4) is 0 Å². The lowest BCUT2D eigenvalue weighted by molar-refractivity contribution is 0.239. The molecule has 0 aliphatic heterocycles. The zero-order valence-electron chi connectivity index (χ0n) is 19.3. The van der Waals surface area contributed by atoms with E-state index in [1.165, 1.54) is 5.56 Å². The van der Waals surface area contributed by atoms with Gasteiger partial charge in [-0.3, -0.25) is 4.98 Å². The van der Waals surface area contributed by atoms with Crippen molar-refractivity contribution in [3.05, 3.63) is 107 Å².